The molecule has 1 rings (SSSR count). The molecule has 1 aromatic rings. The van der Waals surface area contributed by atoms with E-state index >= 15 is 0 Å². The number of carbonyl (C=O) groups is 1. The van der Waals surface area contributed by atoms with Gasteiger partial charge < -0.3 is 9.94 Å². The lowest BCUT2D eigenvalue weighted by atomic mass is 10.2. The topological polar surface area (TPSA) is 63.8 Å². The summed E-state index contributed by atoms with van der Waals surface area (Å²) in [5.74, 6) is 0. The molecule has 1 aromatic heterocycles. The second kappa shape index (κ2) is 4.63. The normalized spacial score (nSPS) is 11.5. The molecule has 1 N–H and O–H groups in total. The first-order valence-electron chi connectivity index (χ1n) is 4.65. The fourth-order valence-electron chi connectivity index (χ4n) is 1.21. The molecule has 0 bridgehead atoms. The lowest BCUT2D eigenvalue weighted by Gasteiger charge is -2.04. The Morgan fingerprint density at radius 3 is 2.80 bits per heavy atom. The van der Waals surface area contributed by atoms with Gasteiger partial charge in [-0.2, -0.15) is 9.72 Å². The predicted octanol–water partition coefficient (Wildman–Crippen LogP) is 1.40. The van der Waals surface area contributed by atoms with E-state index in [4.69, 9.17) is 0 Å². The molecule has 0 atom stereocenters. The van der Waals surface area contributed by atoms with E-state index in [1.54, 1.807) is 26.0 Å². The molecule has 0 fully saturated rings. The van der Waals surface area contributed by atoms with E-state index in [9.17, 15) is 10.0 Å². The zero-order valence-electron chi connectivity index (χ0n) is 9.02. The number of hydrogen-bond donors (Lipinski definition) is 1. The molecule has 0 unspecified atom stereocenters. The van der Waals surface area contributed by atoms with Crippen LogP contribution in [0.4, 0.5) is 4.79 Å². The Morgan fingerprint density at radius 1 is 1.53 bits per heavy atom. The minimum Gasteiger partial charge on any atom is -0.448 e. The lowest BCUT2D eigenvalue weighted by Crippen LogP contribution is -2.23. The van der Waals surface area contributed by atoms with Gasteiger partial charge in [0.25, 0.3) is 0 Å². The van der Waals surface area contributed by atoms with E-state index in [1.165, 1.54) is 0 Å². The number of nitrogens with zero attached hydrogens (tertiary/aromatic N) is 2. The molecule has 0 aliphatic rings. The number of aryl methyl sites for hydroxylation is 2. The van der Waals surface area contributed by atoms with Crippen LogP contribution in [0.25, 0.3) is 0 Å². The second-order valence-electron chi connectivity index (χ2n) is 3.15. The molecule has 1 heterocycles. The highest BCUT2D eigenvalue weighted by molar-refractivity contribution is 5.68. The number of aromatic nitrogens is 1. The summed E-state index contributed by atoms with van der Waals surface area (Å²) in [6, 6.07) is 3.38. The molecule has 0 saturated carbocycles. The lowest BCUT2D eigenvalue weighted by molar-refractivity contribution is 0.151. The Morgan fingerprint density at radius 2 is 2.20 bits per heavy atom. The number of carbonyl (C=O) groups excluding carboxylic acids is 1. The first-order chi connectivity index (χ1) is 7.04. The monoisotopic (exact) mass is 210 g/mol. The molecule has 0 spiro atoms. The Hall–Kier alpha value is -1.78. The summed E-state index contributed by atoms with van der Waals surface area (Å²) in [7, 11) is 0. The summed E-state index contributed by atoms with van der Waals surface area (Å²) in [5.41, 5.74) is 1.70. The molecule has 0 saturated heterocycles. The molecular weight excluding hydrogens is 196 g/mol. The van der Waals surface area contributed by atoms with Crippen molar-refractivity contribution in [3.8, 4) is 0 Å². The zero-order chi connectivity index (χ0) is 11.4. The fraction of sp³-hybridized carbons (Fsp3) is 0.400. The number of amides is 1. The van der Waals surface area contributed by atoms with E-state index in [1.807, 2.05) is 6.92 Å². The minimum atomic E-state index is -0.703. The zero-order valence-corrected chi connectivity index (χ0v) is 9.02. The van der Waals surface area contributed by atoms with Crippen LogP contribution in [0.2, 0.25) is 0 Å². The quantitative estimate of drug-likeness (QED) is 0.712. The van der Waals surface area contributed by atoms with E-state index in [-0.39, 0.29) is 12.1 Å². The van der Waals surface area contributed by atoms with Gasteiger partial charge in [0.2, 0.25) is 0 Å². The first kappa shape index (κ1) is 11.3. The maximum atomic E-state index is 11.1. The Labute approximate surface area is 87.6 Å². The number of ether oxygens (including phenoxy) is 1. The Bertz CT molecular complexity index is 435. The molecule has 82 valence electrons. The van der Waals surface area contributed by atoms with Crippen LogP contribution in [0.1, 0.15) is 18.2 Å². The van der Waals surface area contributed by atoms with Gasteiger partial charge in [0, 0.05) is 0 Å². The summed E-state index contributed by atoms with van der Waals surface area (Å²) < 4.78 is 5.50. The molecule has 5 heteroatoms. The number of hydrogen-bond acceptors (Lipinski definition) is 3. The van der Waals surface area contributed by atoms with Crippen LogP contribution in [-0.4, -0.2) is 22.6 Å². The molecule has 15 heavy (non-hydrogen) atoms. The third-order valence-corrected chi connectivity index (χ3v) is 1.82. The molecule has 5 nitrogen and oxygen atoms in total. The Balaban J connectivity index is 3.19. The third kappa shape index (κ3) is 2.83. The molecule has 0 radical (unpaired) electrons. The van der Waals surface area contributed by atoms with Gasteiger partial charge in [-0.1, -0.05) is 0 Å². The van der Waals surface area contributed by atoms with E-state index < -0.39 is 6.09 Å². The van der Waals surface area contributed by atoms with E-state index in [0.717, 1.165) is 10.3 Å². The highest BCUT2D eigenvalue weighted by Gasteiger charge is 2.01. The van der Waals surface area contributed by atoms with E-state index in [2.05, 4.69) is 9.73 Å². The van der Waals surface area contributed by atoms with Crippen LogP contribution in [0.15, 0.2) is 17.1 Å². The van der Waals surface area contributed by atoms with Crippen molar-refractivity contribution in [3.05, 3.63) is 28.9 Å². The SMILES string of the molecule is CCOC(=O)/N=c1\cc(C)cc(C)n1O. The van der Waals surface area contributed by atoms with Crippen molar-refractivity contribution < 1.29 is 14.7 Å². The molecule has 0 aromatic carbocycles. The van der Waals surface area contributed by atoms with Crippen LogP contribution in [0.3, 0.4) is 0 Å². The smallest absolute Gasteiger partial charge is 0.435 e. The molecule has 0 aliphatic heterocycles. The molecular formula is C10H14N2O3. The van der Waals surface area contributed by atoms with Gasteiger partial charge in [-0.3, -0.25) is 0 Å². The summed E-state index contributed by atoms with van der Waals surface area (Å²) >= 11 is 0. The summed E-state index contributed by atoms with van der Waals surface area (Å²) in [6.45, 7) is 5.54. The van der Waals surface area contributed by atoms with Crippen molar-refractivity contribution in [3.63, 3.8) is 0 Å². The van der Waals surface area contributed by atoms with Crippen LogP contribution >= 0.6 is 0 Å². The largest absolute Gasteiger partial charge is 0.448 e. The Kier molecular flexibility index (Phi) is 3.49. The van der Waals surface area contributed by atoms with Gasteiger partial charge in [0.1, 0.15) is 0 Å². The summed E-state index contributed by atoms with van der Waals surface area (Å²) in [5, 5.41) is 9.55. The standard InChI is InChI=1S/C10H14N2O3/c1-4-15-10(13)11-9-6-7(2)5-8(3)12(9)14/h5-6,14H,4H2,1-3H3/b11-9+. The average molecular weight is 210 g/mol. The first-order valence-corrected chi connectivity index (χ1v) is 4.65. The summed E-state index contributed by atoms with van der Waals surface area (Å²) in [6.07, 6.45) is -0.703. The number of rotatable bonds is 1. The van der Waals surface area contributed by atoms with Crippen LogP contribution in [-0.2, 0) is 4.74 Å². The van der Waals surface area contributed by atoms with Crippen LogP contribution in [0.5, 0.6) is 0 Å². The van der Waals surface area contributed by atoms with Gasteiger partial charge in [0.05, 0.1) is 12.3 Å². The van der Waals surface area contributed by atoms with Crippen molar-refractivity contribution >= 4 is 6.09 Å². The van der Waals surface area contributed by atoms with E-state index in [0.29, 0.717) is 5.69 Å². The van der Waals surface area contributed by atoms with Gasteiger partial charge in [-0.05, 0) is 38.5 Å². The van der Waals surface area contributed by atoms with Gasteiger partial charge in [-0.25, -0.2) is 4.79 Å². The van der Waals surface area contributed by atoms with Crippen molar-refractivity contribution in [2.24, 2.45) is 4.99 Å². The van der Waals surface area contributed by atoms with Crippen molar-refractivity contribution in [2.45, 2.75) is 20.8 Å². The van der Waals surface area contributed by atoms with Crippen LogP contribution in [0, 0.1) is 13.8 Å². The van der Waals surface area contributed by atoms with Crippen molar-refractivity contribution in [1.82, 2.24) is 4.73 Å². The molecule has 0 aliphatic carbocycles. The van der Waals surface area contributed by atoms with Gasteiger partial charge in [-0.15, -0.1) is 0 Å². The molecule has 1 amide bonds. The highest BCUT2D eigenvalue weighted by atomic mass is 16.5. The fourth-order valence-corrected chi connectivity index (χ4v) is 1.21. The predicted molar refractivity (Wildman–Crippen MR) is 53.7 cm³/mol. The second-order valence-corrected chi connectivity index (χ2v) is 3.15. The van der Waals surface area contributed by atoms with Crippen LogP contribution < -0.4 is 5.49 Å². The summed E-state index contributed by atoms with van der Waals surface area (Å²) in [4.78, 5) is 14.7. The average Bonchev–Trinajstić information content (AvgIpc) is 2.13. The minimum absolute atomic E-state index is 0.172. The third-order valence-electron chi connectivity index (χ3n) is 1.82. The van der Waals surface area contributed by atoms with Gasteiger partial charge >= 0.3 is 6.09 Å². The van der Waals surface area contributed by atoms with Crippen molar-refractivity contribution in [2.75, 3.05) is 6.61 Å². The maximum Gasteiger partial charge on any atom is 0.435 e. The maximum absolute atomic E-state index is 11.1. The van der Waals surface area contributed by atoms with Gasteiger partial charge in [0.15, 0.2) is 5.49 Å². The van der Waals surface area contributed by atoms with Crippen molar-refractivity contribution in [1.29, 1.82) is 0 Å². The highest BCUT2D eigenvalue weighted by Crippen LogP contribution is 1.96. The number of pyridine rings is 1.